The zero-order valence-electron chi connectivity index (χ0n) is 22.9. The molecule has 0 unspecified atom stereocenters. The summed E-state index contributed by atoms with van der Waals surface area (Å²) in [5.74, 6) is -2.05. The number of nitrogens with zero attached hydrogens (tertiary/aromatic N) is 2. The van der Waals surface area contributed by atoms with E-state index in [4.69, 9.17) is 18.9 Å². The fraction of sp³-hybridized carbons (Fsp3) is 0.226. The van der Waals surface area contributed by atoms with Gasteiger partial charge in [0.25, 0.3) is 0 Å². The molecular formula is C31H29N3O7. The van der Waals surface area contributed by atoms with Crippen molar-refractivity contribution in [3.63, 3.8) is 0 Å². The maximum absolute atomic E-state index is 12.9. The first-order valence-electron chi connectivity index (χ1n) is 12.8. The number of carbonyl (C=O) groups is 3. The maximum Gasteiger partial charge on any atom is 0.355 e. The SMILES string of the molecule is CCOC(=O)c1cccc(N2COCC(C(=O)OC)=C2C(=O)OC)c1NCc1ccc(-c2ccccc2C#N)cc1. The Hall–Kier alpha value is -5.14. The van der Waals surface area contributed by atoms with Gasteiger partial charge in [0, 0.05) is 6.54 Å². The number of nitriles is 1. The van der Waals surface area contributed by atoms with Gasteiger partial charge in [0.15, 0.2) is 0 Å². The molecule has 0 bridgehead atoms. The molecule has 1 N–H and O–H groups in total. The number of ether oxygens (including phenoxy) is 4. The first-order chi connectivity index (χ1) is 19.9. The molecule has 3 aromatic carbocycles. The van der Waals surface area contributed by atoms with Gasteiger partial charge in [-0.25, -0.2) is 14.4 Å². The van der Waals surface area contributed by atoms with Crippen LogP contribution in [0.4, 0.5) is 11.4 Å². The Morgan fingerprint density at radius 2 is 1.68 bits per heavy atom. The van der Waals surface area contributed by atoms with E-state index in [1.807, 2.05) is 42.5 Å². The molecule has 1 heterocycles. The van der Waals surface area contributed by atoms with Crippen LogP contribution >= 0.6 is 0 Å². The molecule has 0 amide bonds. The molecule has 4 rings (SSSR count). The van der Waals surface area contributed by atoms with E-state index in [-0.39, 0.29) is 36.8 Å². The number of hydrogen-bond acceptors (Lipinski definition) is 10. The summed E-state index contributed by atoms with van der Waals surface area (Å²) in [6, 6.07) is 22.2. The minimum Gasteiger partial charge on any atom is -0.466 e. The largest absolute Gasteiger partial charge is 0.466 e. The van der Waals surface area contributed by atoms with E-state index in [1.54, 1.807) is 31.2 Å². The summed E-state index contributed by atoms with van der Waals surface area (Å²) >= 11 is 0. The van der Waals surface area contributed by atoms with Crippen LogP contribution in [0.25, 0.3) is 11.1 Å². The van der Waals surface area contributed by atoms with E-state index in [9.17, 15) is 19.6 Å². The molecular weight excluding hydrogens is 526 g/mol. The molecule has 0 atom stereocenters. The second kappa shape index (κ2) is 13.3. The summed E-state index contributed by atoms with van der Waals surface area (Å²) in [6.07, 6.45) is 0. The highest BCUT2D eigenvalue weighted by Gasteiger charge is 2.34. The van der Waals surface area contributed by atoms with E-state index >= 15 is 0 Å². The lowest BCUT2D eigenvalue weighted by atomic mass is 9.99. The van der Waals surface area contributed by atoms with Gasteiger partial charge in [0.1, 0.15) is 12.4 Å². The second-order valence-corrected chi connectivity index (χ2v) is 8.84. The Bertz CT molecular complexity index is 1520. The number of para-hydroxylation sites is 1. The van der Waals surface area contributed by atoms with Crippen molar-refractivity contribution in [2.24, 2.45) is 0 Å². The third-order valence-electron chi connectivity index (χ3n) is 6.44. The Balaban J connectivity index is 1.73. The molecule has 3 aromatic rings. The van der Waals surface area contributed by atoms with Crippen LogP contribution in [0.5, 0.6) is 0 Å². The maximum atomic E-state index is 12.9. The minimum atomic E-state index is -0.755. The van der Waals surface area contributed by atoms with E-state index in [1.165, 1.54) is 19.1 Å². The van der Waals surface area contributed by atoms with Gasteiger partial charge in [0.2, 0.25) is 0 Å². The summed E-state index contributed by atoms with van der Waals surface area (Å²) in [6.45, 7) is 1.95. The van der Waals surface area contributed by atoms with E-state index in [0.29, 0.717) is 23.5 Å². The number of anilines is 2. The van der Waals surface area contributed by atoms with Crippen molar-refractivity contribution in [2.45, 2.75) is 13.5 Å². The van der Waals surface area contributed by atoms with Crippen LogP contribution in [-0.4, -0.2) is 52.1 Å². The van der Waals surface area contributed by atoms with Gasteiger partial charge >= 0.3 is 17.9 Å². The number of hydrogen-bond donors (Lipinski definition) is 1. The van der Waals surface area contributed by atoms with Crippen LogP contribution in [-0.2, 0) is 35.1 Å². The molecule has 10 heteroatoms. The highest BCUT2D eigenvalue weighted by Crippen LogP contribution is 2.36. The standard InChI is InChI=1S/C31H29N3O7/c1-4-41-30(36)24-10-7-11-26(34-19-40-18-25(29(35)38-2)28(34)31(37)39-3)27(24)33-17-20-12-14-21(15-13-20)23-9-6-5-8-22(23)16-32/h5-15,33H,4,17-19H2,1-3H3. The summed E-state index contributed by atoms with van der Waals surface area (Å²) in [4.78, 5) is 39.8. The fourth-order valence-corrected chi connectivity index (χ4v) is 4.49. The molecule has 0 aromatic heterocycles. The highest BCUT2D eigenvalue weighted by molar-refractivity contribution is 6.06. The zero-order chi connectivity index (χ0) is 29.4. The Morgan fingerprint density at radius 1 is 0.951 bits per heavy atom. The number of methoxy groups -OCH3 is 2. The van der Waals surface area contributed by atoms with Gasteiger partial charge in [-0.1, -0.05) is 48.5 Å². The van der Waals surface area contributed by atoms with E-state index in [0.717, 1.165) is 16.7 Å². The van der Waals surface area contributed by atoms with Gasteiger partial charge in [0.05, 0.1) is 61.6 Å². The minimum absolute atomic E-state index is 0.00803. The average molecular weight is 556 g/mol. The molecule has 0 fully saturated rings. The Kier molecular flexibility index (Phi) is 9.35. The monoisotopic (exact) mass is 555 g/mol. The zero-order valence-corrected chi connectivity index (χ0v) is 22.9. The van der Waals surface area contributed by atoms with Crippen LogP contribution in [0.15, 0.2) is 78.0 Å². The molecule has 0 saturated heterocycles. The van der Waals surface area contributed by atoms with Crippen LogP contribution < -0.4 is 10.2 Å². The predicted molar refractivity (Wildman–Crippen MR) is 151 cm³/mol. The summed E-state index contributed by atoms with van der Waals surface area (Å²) < 4.78 is 20.8. The van der Waals surface area contributed by atoms with E-state index in [2.05, 4.69) is 11.4 Å². The molecule has 1 aliphatic rings. The average Bonchev–Trinajstić information content (AvgIpc) is 3.02. The first kappa shape index (κ1) is 28.9. The lowest BCUT2D eigenvalue weighted by Crippen LogP contribution is -2.39. The van der Waals surface area contributed by atoms with Crippen molar-refractivity contribution < 1.29 is 33.3 Å². The first-order valence-corrected chi connectivity index (χ1v) is 12.8. The van der Waals surface area contributed by atoms with Crippen molar-refractivity contribution >= 4 is 29.3 Å². The van der Waals surface area contributed by atoms with Crippen LogP contribution in [0, 0.1) is 11.3 Å². The predicted octanol–water partition coefficient (Wildman–Crippen LogP) is 4.41. The molecule has 0 saturated carbocycles. The number of nitrogens with one attached hydrogen (secondary N) is 1. The topological polar surface area (TPSA) is 127 Å². The highest BCUT2D eigenvalue weighted by atomic mass is 16.5. The number of carbonyl (C=O) groups excluding carboxylic acids is 3. The molecule has 10 nitrogen and oxygen atoms in total. The molecule has 0 radical (unpaired) electrons. The van der Waals surface area contributed by atoms with Crippen molar-refractivity contribution in [1.29, 1.82) is 5.26 Å². The Morgan fingerprint density at radius 3 is 2.37 bits per heavy atom. The Labute approximate surface area is 237 Å². The van der Waals surface area contributed by atoms with Crippen molar-refractivity contribution in [3.8, 4) is 17.2 Å². The van der Waals surface area contributed by atoms with Gasteiger partial charge in [-0.15, -0.1) is 0 Å². The van der Waals surface area contributed by atoms with E-state index < -0.39 is 17.9 Å². The molecule has 0 spiro atoms. The third-order valence-corrected chi connectivity index (χ3v) is 6.44. The quantitative estimate of drug-likeness (QED) is 0.300. The molecule has 0 aliphatic carbocycles. The smallest absolute Gasteiger partial charge is 0.355 e. The lowest BCUT2D eigenvalue weighted by molar-refractivity contribution is -0.140. The fourth-order valence-electron chi connectivity index (χ4n) is 4.49. The van der Waals surface area contributed by atoms with Gasteiger partial charge in [-0.3, -0.25) is 0 Å². The van der Waals surface area contributed by atoms with Gasteiger partial charge < -0.3 is 29.2 Å². The van der Waals surface area contributed by atoms with Crippen molar-refractivity contribution in [1.82, 2.24) is 0 Å². The van der Waals surface area contributed by atoms with Crippen molar-refractivity contribution in [2.75, 3.05) is 44.4 Å². The summed E-state index contributed by atoms with van der Waals surface area (Å²) in [7, 11) is 2.42. The van der Waals surface area contributed by atoms with Crippen LogP contribution in [0.1, 0.15) is 28.4 Å². The summed E-state index contributed by atoms with van der Waals surface area (Å²) in [5.41, 5.74) is 4.15. The second-order valence-electron chi connectivity index (χ2n) is 8.84. The molecule has 1 aliphatic heterocycles. The van der Waals surface area contributed by atoms with Crippen LogP contribution in [0.2, 0.25) is 0 Å². The number of rotatable bonds is 9. The third kappa shape index (κ3) is 6.21. The van der Waals surface area contributed by atoms with Gasteiger partial charge in [-0.05, 0) is 41.8 Å². The molecule has 210 valence electrons. The van der Waals surface area contributed by atoms with Crippen molar-refractivity contribution in [3.05, 3.63) is 94.7 Å². The number of esters is 3. The normalized spacial score (nSPS) is 12.8. The van der Waals surface area contributed by atoms with Gasteiger partial charge in [-0.2, -0.15) is 5.26 Å². The molecule has 41 heavy (non-hydrogen) atoms. The number of benzene rings is 3. The van der Waals surface area contributed by atoms with Crippen LogP contribution in [0.3, 0.4) is 0 Å². The summed E-state index contributed by atoms with van der Waals surface area (Å²) in [5, 5.41) is 12.8. The lowest BCUT2D eigenvalue weighted by Gasteiger charge is -2.33.